The van der Waals surface area contributed by atoms with Gasteiger partial charge in [-0.1, -0.05) is 29.8 Å². The number of carbonyl (C=O) groups excluding carboxylic acids is 2. The van der Waals surface area contributed by atoms with Crippen LogP contribution < -0.4 is 15.0 Å². The first-order valence-electron chi connectivity index (χ1n) is 10.2. The van der Waals surface area contributed by atoms with Gasteiger partial charge in [-0.05, 0) is 56.7 Å². The molecule has 0 unspecified atom stereocenters. The lowest BCUT2D eigenvalue weighted by Crippen LogP contribution is -2.64. The third kappa shape index (κ3) is 3.79. The number of nitrogens with zero attached hydrogens (tertiary/aromatic N) is 3. The maximum absolute atomic E-state index is 13.5. The number of fused-ring (bicyclic) bond motifs is 1. The standard InChI is InChI=1S/C24H26N4O3/c1-16-5-9-19(10-6-16)28-22(29)21-13-17(2)26-27(21)15-24(28,3)23(30)25-14-18-7-11-20(31-4)12-8-18/h5-13H,14-15H2,1-4H3,(H,25,30)/t24-/m1/s1. The van der Waals surface area contributed by atoms with Crippen LogP contribution in [0.15, 0.2) is 54.6 Å². The van der Waals surface area contributed by atoms with Crippen molar-refractivity contribution >= 4 is 17.5 Å². The molecule has 0 radical (unpaired) electrons. The topological polar surface area (TPSA) is 76.5 Å². The second-order valence-corrected chi connectivity index (χ2v) is 8.11. The van der Waals surface area contributed by atoms with Gasteiger partial charge in [0.05, 0.1) is 19.3 Å². The van der Waals surface area contributed by atoms with Crippen molar-refractivity contribution in [3.8, 4) is 5.75 Å². The van der Waals surface area contributed by atoms with Crippen molar-refractivity contribution < 1.29 is 14.3 Å². The Labute approximate surface area is 181 Å². The van der Waals surface area contributed by atoms with Gasteiger partial charge in [-0.2, -0.15) is 5.10 Å². The molecule has 0 fully saturated rings. The van der Waals surface area contributed by atoms with Crippen molar-refractivity contribution in [3.63, 3.8) is 0 Å². The van der Waals surface area contributed by atoms with E-state index in [1.807, 2.05) is 62.4 Å². The van der Waals surface area contributed by atoms with Crippen molar-refractivity contribution in [2.75, 3.05) is 12.0 Å². The molecule has 0 spiro atoms. The largest absolute Gasteiger partial charge is 0.497 e. The van der Waals surface area contributed by atoms with Crippen LogP contribution in [0.3, 0.4) is 0 Å². The number of hydrogen-bond acceptors (Lipinski definition) is 4. The van der Waals surface area contributed by atoms with Gasteiger partial charge in [0.2, 0.25) is 5.91 Å². The molecular formula is C24H26N4O3. The van der Waals surface area contributed by atoms with E-state index in [9.17, 15) is 9.59 Å². The molecule has 3 aromatic rings. The summed E-state index contributed by atoms with van der Waals surface area (Å²) in [6.45, 7) is 6.23. The van der Waals surface area contributed by atoms with Crippen molar-refractivity contribution in [2.45, 2.75) is 39.4 Å². The second-order valence-electron chi connectivity index (χ2n) is 8.11. The van der Waals surface area contributed by atoms with Gasteiger partial charge in [0.15, 0.2) is 0 Å². The van der Waals surface area contributed by atoms with E-state index in [1.54, 1.807) is 29.7 Å². The number of rotatable bonds is 5. The molecule has 0 saturated carbocycles. The Balaban J connectivity index is 1.66. The number of aromatic nitrogens is 2. The van der Waals surface area contributed by atoms with E-state index in [2.05, 4.69) is 10.4 Å². The summed E-state index contributed by atoms with van der Waals surface area (Å²) in [5.74, 6) is 0.279. The number of ether oxygens (including phenoxy) is 1. The van der Waals surface area contributed by atoms with Gasteiger partial charge in [0.25, 0.3) is 5.91 Å². The van der Waals surface area contributed by atoms with E-state index in [-0.39, 0.29) is 18.4 Å². The molecule has 7 nitrogen and oxygen atoms in total. The van der Waals surface area contributed by atoms with Gasteiger partial charge >= 0.3 is 0 Å². The molecule has 160 valence electrons. The Bertz CT molecular complexity index is 1120. The maximum Gasteiger partial charge on any atom is 0.277 e. The zero-order valence-corrected chi connectivity index (χ0v) is 18.2. The molecule has 0 aliphatic carbocycles. The fourth-order valence-corrected chi connectivity index (χ4v) is 3.92. The van der Waals surface area contributed by atoms with Crippen LogP contribution in [0.5, 0.6) is 5.75 Å². The highest BCUT2D eigenvalue weighted by Crippen LogP contribution is 2.33. The van der Waals surface area contributed by atoms with E-state index >= 15 is 0 Å². The number of methoxy groups -OCH3 is 1. The molecule has 7 heteroatoms. The minimum Gasteiger partial charge on any atom is -0.497 e. The average Bonchev–Trinajstić information content (AvgIpc) is 3.13. The molecule has 1 aromatic heterocycles. The normalized spacial score (nSPS) is 17.9. The van der Waals surface area contributed by atoms with E-state index in [0.717, 1.165) is 22.6 Å². The van der Waals surface area contributed by atoms with Crippen LogP contribution in [0, 0.1) is 13.8 Å². The zero-order valence-electron chi connectivity index (χ0n) is 18.2. The summed E-state index contributed by atoms with van der Waals surface area (Å²) in [7, 11) is 1.61. The van der Waals surface area contributed by atoms with Crippen LogP contribution in [0.4, 0.5) is 5.69 Å². The second kappa shape index (κ2) is 7.91. The van der Waals surface area contributed by atoms with Crippen LogP contribution in [0.2, 0.25) is 0 Å². The number of nitrogens with one attached hydrogen (secondary N) is 1. The Morgan fingerprint density at radius 1 is 1.13 bits per heavy atom. The van der Waals surface area contributed by atoms with Crippen LogP contribution in [-0.2, 0) is 17.9 Å². The minimum atomic E-state index is -1.13. The molecule has 0 saturated heterocycles. The fraction of sp³-hybridized carbons (Fsp3) is 0.292. The summed E-state index contributed by atoms with van der Waals surface area (Å²) in [6, 6.07) is 16.9. The summed E-state index contributed by atoms with van der Waals surface area (Å²) in [6.07, 6.45) is 0. The fourth-order valence-electron chi connectivity index (χ4n) is 3.92. The summed E-state index contributed by atoms with van der Waals surface area (Å²) in [5, 5.41) is 7.44. The van der Waals surface area contributed by atoms with Gasteiger partial charge < -0.3 is 10.1 Å². The molecule has 1 N–H and O–H groups in total. The molecule has 2 heterocycles. The number of amides is 2. The van der Waals surface area contributed by atoms with Crippen molar-refractivity contribution in [3.05, 3.63) is 77.1 Å². The number of anilines is 1. The van der Waals surface area contributed by atoms with Gasteiger partial charge in [0, 0.05) is 12.2 Å². The third-order valence-corrected chi connectivity index (χ3v) is 5.67. The Hall–Kier alpha value is -3.61. The summed E-state index contributed by atoms with van der Waals surface area (Å²) in [5.41, 5.74) is 2.80. The Kier molecular flexibility index (Phi) is 5.27. The van der Waals surface area contributed by atoms with E-state index in [1.165, 1.54) is 0 Å². The third-order valence-electron chi connectivity index (χ3n) is 5.67. The van der Waals surface area contributed by atoms with E-state index in [0.29, 0.717) is 17.9 Å². The minimum absolute atomic E-state index is 0.238. The highest BCUT2D eigenvalue weighted by Gasteiger charge is 2.48. The quantitative estimate of drug-likeness (QED) is 0.690. The van der Waals surface area contributed by atoms with Crippen molar-refractivity contribution in [1.29, 1.82) is 0 Å². The smallest absolute Gasteiger partial charge is 0.277 e. The monoisotopic (exact) mass is 418 g/mol. The molecule has 31 heavy (non-hydrogen) atoms. The first-order chi connectivity index (χ1) is 14.8. The molecule has 0 bridgehead atoms. The first kappa shape index (κ1) is 20.7. The lowest BCUT2D eigenvalue weighted by atomic mass is 9.93. The Morgan fingerprint density at radius 2 is 1.81 bits per heavy atom. The summed E-state index contributed by atoms with van der Waals surface area (Å²) in [4.78, 5) is 28.5. The van der Waals surface area contributed by atoms with Crippen molar-refractivity contribution in [1.82, 2.24) is 15.1 Å². The number of benzene rings is 2. The SMILES string of the molecule is COc1ccc(CNC(=O)[C@@]2(C)Cn3nc(C)cc3C(=O)N2c2ccc(C)cc2)cc1. The van der Waals surface area contributed by atoms with Gasteiger partial charge in [-0.25, -0.2) is 0 Å². The van der Waals surface area contributed by atoms with Crippen LogP contribution in [-0.4, -0.2) is 34.2 Å². The van der Waals surface area contributed by atoms with Gasteiger partial charge in [0.1, 0.15) is 17.0 Å². The molecule has 1 atom stereocenters. The number of aryl methyl sites for hydroxylation is 2. The number of hydrogen-bond donors (Lipinski definition) is 1. The molecule has 4 rings (SSSR count). The molecule has 1 aliphatic rings. The molecule has 1 aliphatic heterocycles. The van der Waals surface area contributed by atoms with Gasteiger partial charge in [-0.15, -0.1) is 0 Å². The number of carbonyl (C=O) groups is 2. The zero-order chi connectivity index (χ0) is 22.2. The lowest BCUT2D eigenvalue weighted by Gasteiger charge is -2.43. The van der Waals surface area contributed by atoms with E-state index in [4.69, 9.17) is 4.74 Å². The van der Waals surface area contributed by atoms with Crippen LogP contribution in [0.1, 0.15) is 34.2 Å². The van der Waals surface area contributed by atoms with Crippen molar-refractivity contribution in [2.24, 2.45) is 0 Å². The van der Waals surface area contributed by atoms with Crippen LogP contribution >= 0.6 is 0 Å². The predicted octanol–water partition coefficient (Wildman–Crippen LogP) is 3.24. The maximum atomic E-state index is 13.5. The molecular weight excluding hydrogens is 392 g/mol. The van der Waals surface area contributed by atoms with Crippen LogP contribution in [0.25, 0.3) is 0 Å². The average molecular weight is 418 g/mol. The first-order valence-corrected chi connectivity index (χ1v) is 10.2. The molecule has 2 amide bonds. The summed E-state index contributed by atoms with van der Waals surface area (Å²) >= 11 is 0. The predicted molar refractivity (Wildman–Crippen MR) is 118 cm³/mol. The summed E-state index contributed by atoms with van der Waals surface area (Å²) < 4.78 is 6.82. The van der Waals surface area contributed by atoms with E-state index < -0.39 is 5.54 Å². The lowest BCUT2D eigenvalue weighted by molar-refractivity contribution is -0.126. The van der Waals surface area contributed by atoms with Gasteiger partial charge in [-0.3, -0.25) is 19.2 Å². The molecule has 2 aromatic carbocycles. The highest BCUT2D eigenvalue weighted by atomic mass is 16.5. The highest BCUT2D eigenvalue weighted by molar-refractivity contribution is 6.11. The Morgan fingerprint density at radius 3 is 2.45 bits per heavy atom.